The molecule has 5 rings (SSSR count). The lowest BCUT2D eigenvalue weighted by Crippen LogP contribution is -2.51. The number of fused-ring (bicyclic) bond motifs is 1. The number of aromatic carboxylic acids is 1. The number of anilines is 1. The van der Waals surface area contributed by atoms with Gasteiger partial charge in [-0.05, 0) is 32.8 Å². The molecule has 2 fully saturated rings. The minimum Gasteiger partial charge on any atom is -0.477 e. The SMILES string of the molecule is Cc1oc(=O)oc1CN1CCN(c2c(Cl)cc3c(=O)c(C(=O)O)cn(C4CC4)c3c2F)CC1C. The Kier molecular flexibility index (Phi) is 5.52. The molecule has 0 spiro atoms. The van der Waals surface area contributed by atoms with Gasteiger partial charge < -0.3 is 23.4 Å². The summed E-state index contributed by atoms with van der Waals surface area (Å²) >= 11 is 6.48. The molecule has 1 aliphatic heterocycles. The predicted octanol–water partition coefficient (Wildman–Crippen LogP) is 3.39. The van der Waals surface area contributed by atoms with Crippen LogP contribution in [0.2, 0.25) is 5.02 Å². The van der Waals surface area contributed by atoms with Crippen LogP contribution in [0.1, 0.15) is 47.7 Å². The van der Waals surface area contributed by atoms with Gasteiger partial charge in [-0.2, -0.15) is 0 Å². The van der Waals surface area contributed by atoms with Gasteiger partial charge in [-0.15, -0.1) is 0 Å². The number of carboxylic acid groups (broad SMARTS) is 1. The van der Waals surface area contributed by atoms with E-state index in [9.17, 15) is 19.5 Å². The van der Waals surface area contributed by atoms with E-state index >= 15 is 4.39 Å². The Balaban J connectivity index is 1.51. The minimum atomic E-state index is -1.35. The van der Waals surface area contributed by atoms with Crippen molar-refractivity contribution in [1.29, 1.82) is 0 Å². The summed E-state index contributed by atoms with van der Waals surface area (Å²) in [5.41, 5.74) is -0.862. The highest BCUT2D eigenvalue weighted by Gasteiger charge is 2.33. The molecule has 0 radical (unpaired) electrons. The molecule has 3 aromatic rings. The number of hydrogen-bond donors (Lipinski definition) is 1. The number of carboxylic acids is 1. The Bertz CT molecular complexity index is 1420. The monoisotopic (exact) mass is 491 g/mol. The Morgan fingerprint density at radius 2 is 2.00 bits per heavy atom. The molecule has 1 aliphatic carbocycles. The lowest BCUT2D eigenvalue weighted by molar-refractivity contribution is 0.0694. The fourth-order valence-corrected chi connectivity index (χ4v) is 4.96. The van der Waals surface area contributed by atoms with E-state index in [1.54, 1.807) is 11.5 Å². The highest BCUT2D eigenvalue weighted by molar-refractivity contribution is 6.34. The molecule has 0 bridgehead atoms. The van der Waals surface area contributed by atoms with Gasteiger partial charge in [-0.1, -0.05) is 11.6 Å². The zero-order valence-corrected chi connectivity index (χ0v) is 19.4. The molecule has 9 nitrogen and oxygen atoms in total. The topological polar surface area (TPSA) is 109 Å². The molecule has 2 aromatic heterocycles. The summed E-state index contributed by atoms with van der Waals surface area (Å²) < 4.78 is 27.6. The molecule has 34 heavy (non-hydrogen) atoms. The van der Waals surface area contributed by atoms with Gasteiger partial charge in [0.25, 0.3) is 0 Å². The van der Waals surface area contributed by atoms with Crippen LogP contribution >= 0.6 is 11.6 Å². The van der Waals surface area contributed by atoms with E-state index in [4.69, 9.17) is 20.4 Å². The van der Waals surface area contributed by atoms with Crippen molar-refractivity contribution < 1.29 is 23.1 Å². The fourth-order valence-electron chi connectivity index (χ4n) is 4.65. The van der Waals surface area contributed by atoms with E-state index < -0.39 is 28.6 Å². The molecule has 2 aliphatic rings. The van der Waals surface area contributed by atoms with Crippen LogP contribution in [0.15, 0.2) is 30.7 Å². The third-order valence-electron chi connectivity index (χ3n) is 6.62. The summed E-state index contributed by atoms with van der Waals surface area (Å²) in [6.07, 6.45) is 2.81. The van der Waals surface area contributed by atoms with Crippen LogP contribution in [-0.4, -0.2) is 46.2 Å². The number of nitrogens with zero attached hydrogens (tertiary/aromatic N) is 3. The van der Waals surface area contributed by atoms with E-state index in [2.05, 4.69) is 4.90 Å². The van der Waals surface area contributed by atoms with Gasteiger partial charge in [0.1, 0.15) is 11.3 Å². The molecule has 11 heteroatoms. The van der Waals surface area contributed by atoms with Gasteiger partial charge in [0.2, 0.25) is 5.43 Å². The van der Waals surface area contributed by atoms with Gasteiger partial charge in [0.05, 0.1) is 28.2 Å². The number of rotatable bonds is 5. The van der Waals surface area contributed by atoms with Crippen LogP contribution in [0.25, 0.3) is 10.9 Å². The van der Waals surface area contributed by atoms with Crippen LogP contribution in [0.4, 0.5) is 10.1 Å². The molecule has 1 atom stereocenters. The van der Waals surface area contributed by atoms with Crippen molar-refractivity contribution >= 4 is 34.2 Å². The van der Waals surface area contributed by atoms with Crippen LogP contribution in [-0.2, 0) is 6.54 Å². The first-order valence-corrected chi connectivity index (χ1v) is 11.4. The molecular formula is C23H23ClFN3O6. The number of hydrogen-bond acceptors (Lipinski definition) is 7. The molecule has 3 heterocycles. The highest BCUT2D eigenvalue weighted by atomic mass is 35.5. The number of pyridine rings is 1. The van der Waals surface area contributed by atoms with Crippen LogP contribution < -0.4 is 16.2 Å². The second kappa shape index (κ2) is 8.28. The fraction of sp³-hybridized carbons (Fsp3) is 0.435. The van der Waals surface area contributed by atoms with Gasteiger partial charge in [0.15, 0.2) is 11.6 Å². The van der Waals surface area contributed by atoms with Gasteiger partial charge in [-0.3, -0.25) is 9.69 Å². The standard InChI is InChI=1S/C23H23ClFN3O6/c1-11-8-27(6-5-26(11)10-17-12(2)33-23(32)34-17)20-16(24)7-14-19(18(20)25)28(13-3-4-13)9-15(21(14)29)22(30)31/h7,9,11,13H,3-6,8,10H2,1-2H3,(H,30,31). The maximum absolute atomic E-state index is 16.0. The van der Waals surface area contributed by atoms with Crippen molar-refractivity contribution in [1.82, 2.24) is 9.47 Å². The smallest absolute Gasteiger partial charge is 0.477 e. The zero-order valence-electron chi connectivity index (χ0n) is 18.6. The second-order valence-corrected chi connectivity index (χ2v) is 9.34. The second-order valence-electron chi connectivity index (χ2n) is 8.93. The number of aromatic nitrogens is 1. The van der Waals surface area contributed by atoms with Gasteiger partial charge >= 0.3 is 11.8 Å². The number of carbonyl (C=O) groups is 1. The van der Waals surface area contributed by atoms with E-state index in [1.807, 2.05) is 11.8 Å². The minimum absolute atomic E-state index is 0.0282. The summed E-state index contributed by atoms with van der Waals surface area (Å²) in [5, 5.41) is 9.47. The van der Waals surface area contributed by atoms with Gasteiger partial charge in [0, 0.05) is 37.9 Å². The summed E-state index contributed by atoms with van der Waals surface area (Å²) in [7, 11) is 0. The van der Waals surface area contributed by atoms with Crippen LogP contribution in [0.3, 0.4) is 0 Å². The van der Waals surface area contributed by atoms with Crippen molar-refractivity contribution in [3.05, 3.63) is 61.0 Å². The first-order valence-electron chi connectivity index (χ1n) is 11.0. The maximum atomic E-state index is 16.0. The average molecular weight is 492 g/mol. The highest BCUT2D eigenvalue weighted by Crippen LogP contribution is 2.41. The third kappa shape index (κ3) is 3.80. The number of piperazine rings is 1. The molecule has 1 saturated carbocycles. The van der Waals surface area contributed by atoms with E-state index in [1.165, 1.54) is 12.3 Å². The molecule has 0 amide bonds. The van der Waals surface area contributed by atoms with Crippen molar-refractivity contribution in [3.63, 3.8) is 0 Å². The Morgan fingerprint density at radius 3 is 2.59 bits per heavy atom. The number of halogens is 2. The summed E-state index contributed by atoms with van der Waals surface area (Å²) in [5.74, 6) is -1.82. The van der Waals surface area contributed by atoms with Crippen molar-refractivity contribution in [2.24, 2.45) is 0 Å². The Hall–Kier alpha value is -3.11. The first-order chi connectivity index (χ1) is 16.2. The van der Waals surface area contributed by atoms with Crippen molar-refractivity contribution in [3.8, 4) is 0 Å². The number of aryl methyl sites for hydroxylation is 1. The normalized spacial score (nSPS) is 19.2. The molecule has 180 valence electrons. The first kappa shape index (κ1) is 22.7. The molecule has 1 aromatic carbocycles. The summed E-state index contributed by atoms with van der Waals surface area (Å²) in [6.45, 7) is 5.49. The largest absolute Gasteiger partial charge is 0.519 e. The Morgan fingerprint density at radius 1 is 1.26 bits per heavy atom. The Labute approximate surface area is 197 Å². The summed E-state index contributed by atoms with van der Waals surface area (Å²) in [6, 6.07) is 1.30. The summed E-state index contributed by atoms with van der Waals surface area (Å²) in [4.78, 5) is 39.6. The van der Waals surface area contributed by atoms with Crippen LogP contribution in [0, 0.1) is 12.7 Å². The van der Waals surface area contributed by atoms with Gasteiger partial charge in [-0.25, -0.2) is 14.0 Å². The van der Waals surface area contributed by atoms with E-state index in [0.29, 0.717) is 37.7 Å². The van der Waals surface area contributed by atoms with Crippen molar-refractivity contribution in [2.75, 3.05) is 24.5 Å². The zero-order chi connectivity index (χ0) is 24.3. The molecule has 1 saturated heterocycles. The predicted molar refractivity (Wildman–Crippen MR) is 122 cm³/mol. The average Bonchev–Trinajstić information content (AvgIpc) is 3.55. The van der Waals surface area contributed by atoms with Crippen LogP contribution in [0.5, 0.6) is 0 Å². The lowest BCUT2D eigenvalue weighted by atomic mass is 10.1. The molecule has 1 N–H and O–H groups in total. The third-order valence-corrected chi connectivity index (χ3v) is 6.91. The quantitative estimate of drug-likeness (QED) is 0.578. The van der Waals surface area contributed by atoms with E-state index in [0.717, 1.165) is 12.8 Å². The lowest BCUT2D eigenvalue weighted by Gasteiger charge is -2.41. The molecular weight excluding hydrogens is 469 g/mol. The maximum Gasteiger partial charge on any atom is 0.519 e. The van der Waals surface area contributed by atoms with Crippen molar-refractivity contribution in [2.45, 2.75) is 45.3 Å². The number of benzene rings is 1. The van der Waals surface area contributed by atoms with E-state index in [-0.39, 0.29) is 33.7 Å². The molecule has 1 unspecified atom stereocenters.